The van der Waals surface area contributed by atoms with Crippen LogP contribution in [-0.4, -0.2) is 20.9 Å². The number of hydrogen-bond acceptors (Lipinski definition) is 3. The van der Waals surface area contributed by atoms with Gasteiger partial charge >= 0.3 is 0 Å². The molecule has 0 aliphatic rings. The van der Waals surface area contributed by atoms with E-state index < -0.39 is 10.0 Å². The highest BCUT2D eigenvalue weighted by Gasteiger charge is 2.10. The summed E-state index contributed by atoms with van der Waals surface area (Å²) in [6.45, 7) is 9.69. The van der Waals surface area contributed by atoms with E-state index in [4.69, 9.17) is 0 Å². The third-order valence-corrected chi connectivity index (χ3v) is 4.08. The molecule has 2 N–H and O–H groups in total. The van der Waals surface area contributed by atoms with E-state index in [-0.39, 0.29) is 23.6 Å². The van der Waals surface area contributed by atoms with Gasteiger partial charge in [-0.25, -0.2) is 13.1 Å². The summed E-state index contributed by atoms with van der Waals surface area (Å²) in [5.74, 6) is -0.327. The second-order valence-electron chi connectivity index (χ2n) is 6.28. The van der Waals surface area contributed by atoms with Crippen LogP contribution in [0.5, 0.6) is 0 Å². The Morgan fingerprint density at radius 3 is 2.35 bits per heavy atom. The van der Waals surface area contributed by atoms with E-state index in [9.17, 15) is 13.2 Å². The highest BCUT2D eigenvalue weighted by molar-refractivity contribution is 7.88. The normalized spacial score (nSPS) is 12.3. The summed E-state index contributed by atoms with van der Waals surface area (Å²) < 4.78 is 25.9. The predicted molar refractivity (Wildman–Crippen MR) is 94.5 cm³/mol. The summed E-state index contributed by atoms with van der Waals surface area (Å²) in [6, 6.07) is 6.72. The Morgan fingerprint density at radius 1 is 1.22 bits per heavy atom. The van der Waals surface area contributed by atoms with Crippen LogP contribution < -0.4 is 10.0 Å². The second-order valence-corrected chi connectivity index (χ2v) is 8.09. The van der Waals surface area contributed by atoms with Gasteiger partial charge in [-0.2, -0.15) is 0 Å². The number of benzene rings is 1. The number of hydrogen-bond donors (Lipinski definition) is 2. The van der Waals surface area contributed by atoms with Crippen LogP contribution in [0.25, 0.3) is 0 Å². The zero-order valence-corrected chi connectivity index (χ0v) is 14.6. The molecule has 5 nitrogen and oxygen atoms in total. The van der Waals surface area contributed by atoms with Crippen LogP contribution in [0.4, 0.5) is 5.69 Å². The van der Waals surface area contributed by atoms with Gasteiger partial charge in [-0.05, 0) is 29.2 Å². The summed E-state index contributed by atoms with van der Waals surface area (Å²) in [4.78, 5) is 11.8. The lowest BCUT2D eigenvalue weighted by atomic mass is 9.96. The molecule has 0 unspecified atom stereocenters. The van der Waals surface area contributed by atoms with E-state index in [0.29, 0.717) is 11.3 Å². The predicted octanol–water partition coefficient (Wildman–Crippen LogP) is 2.83. The fourth-order valence-electron chi connectivity index (χ4n) is 1.65. The van der Waals surface area contributed by atoms with Crippen molar-refractivity contribution in [3.05, 3.63) is 54.6 Å². The molecular formula is C17H24N2O3S. The van der Waals surface area contributed by atoms with Gasteiger partial charge in [0.05, 0.1) is 5.75 Å². The van der Waals surface area contributed by atoms with E-state index in [1.54, 1.807) is 24.3 Å². The molecule has 1 amide bonds. The smallest absolute Gasteiger partial charge is 0.248 e. The Labute approximate surface area is 138 Å². The van der Waals surface area contributed by atoms with Crippen molar-refractivity contribution in [3.8, 4) is 0 Å². The molecule has 1 aromatic rings. The van der Waals surface area contributed by atoms with E-state index in [2.05, 4.69) is 16.6 Å². The minimum Gasteiger partial charge on any atom is -0.323 e. The molecule has 0 aliphatic heterocycles. The first kappa shape index (κ1) is 19.1. The van der Waals surface area contributed by atoms with Gasteiger partial charge < -0.3 is 5.32 Å². The number of carbonyl (C=O) groups excluding carboxylic acids is 1. The largest absolute Gasteiger partial charge is 0.323 e. The first-order valence-electron chi connectivity index (χ1n) is 7.29. The Balaban J connectivity index is 2.65. The molecule has 23 heavy (non-hydrogen) atoms. The second kappa shape index (κ2) is 8.08. The number of carbonyl (C=O) groups is 1. The Hall–Kier alpha value is -1.92. The summed E-state index contributed by atoms with van der Waals surface area (Å²) in [5, 5.41) is 2.73. The Morgan fingerprint density at radius 2 is 1.83 bits per heavy atom. The third-order valence-electron chi connectivity index (χ3n) is 2.76. The quantitative estimate of drug-likeness (QED) is 0.594. The zero-order chi connectivity index (χ0) is 17.5. The average Bonchev–Trinajstić information content (AvgIpc) is 2.44. The van der Waals surface area contributed by atoms with Gasteiger partial charge in [-0.3, -0.25) is 4.79 Å². The van der Waals surface area contributed by atoms with Crippen molar-refractivity contribution >= 4 is 21.6 Å². The molecule has 0 radical (unpaired) electrons. The molecule has 0 saturated carbocycles. The average molecular weight is 336 g/mol. The summed E-state index contributed by atoms with van der Waals surface area (Å²) in [7, 11) is -3.38. The molecule has 0 fully saturated rings. The summed E-state index contributed by atoms with van der Waals surface area (Å²) >= 11 is 0. The van der Waals surface area contributed by atoms with Crippen molar-refractivity contribution in [2.75, 3.05) is 11.9 Å². The molecule has 0 aliphatic carbocycles. The number of rotatable bonds is 7. The van der Waals surface area contributed by atoms with E-state index in [1.165, 1.54) is 12.2 Å². The van der Waals surface area contributed by atoms with Crippen LogP contribution in [0.15, 0.2) is 49.1 Å². The van der Waals surface area contributed by atoms with Crippen molar-refractivity contribution < 1.29 is 13.2 Å². The highest BCUT2D eigenvalue weighted by Crippen LogP contribution is 2.15. The van der Waals surface area contributed by atoms with Gasteiger partial charge in [0.15, 0.2) is 0 Å². The van der Waals surface area contributed by atoms with Gasteiger partial charge in [0, 0.05) is 12.2 Å². The van der Waals surface area contributed by atoms with Crippen LogP contribution in [0.1, 0.15) is 26.3 Å². The van der Waals surface area contributed by atoms with Crippen molar-refractivity contribution in [1.29, 1.82) is 0 Å². The topological polar surface area (TPSA) is 75.3 Å². The van der Waals surface area contributed by atoms with Crippen LogP contribution in [0.3, 0.4) is 0 Å². The first-order chi connectivity index (χ1) is 10.6. The lowest BCUT2D eigenvalue weighted by molar-refractivity contribution is -0.112. The van der Waals surface area contributed by atoms with Crippen molar-refractivity contribution in [1.82, 2.24) is 4.72 Å². The first-order valence-corrected chi connectivity index (χ1v) is 8.94. The van der Waals surface area contributed by atoms with Gasteiger partial charge in [-0.15, -0.1) is 6.58 Å². The minimum absolute atomic E-state index is 0.0615. The van der Waals surface area contributed by atoms with Crippen LogP contribution in [0.2, 0.25) is 0 Å². The fraction of sp³-hybridized carbons (Fsp3) is 0.353. The minimum atomic E-state index is -3.38. The van der Waals surface area contributed by atoms with Gasteiger partial charge in [-0.1, -0.05) is 45.1 Å². The van der Waals surface area contributed by atoms with Crippen LogP contribution >= 0.6 is 0 Å². The van der Waals surface area contributed by atoms with Crippen LogP contribution in [-0.2, 0) is 20.6 Å². The van der Waals surface area contributed by atoms with E-state index in [0.717, 1.165) is 0 Å². The van der Waals surface area contributed by atoms with Crippen molar-refractivity contribution in [3.63, 3.8) is 0 Å². The number of sulfonamides is 1. The number of nitrogens with one attached hydrogen (secondary N) is 2. The molecule has 1 aromatic carbocycles. The lowest BCUT2D eigenvalue weighted by Crippen LogP contribution is -2.25. The molecule has 126 valence electrons. The maximum absolute atomic E-state index is 11.8. The molecule has 6 heteroatoms. The Bertz CT molecular complexity index is 669. The van der Waals surface area contributed by atoms with Crippen molar-refractivity contribution in [2.45, 2.75) is 26.5 Å². The third kappa shape index (κ3) is 8.32. The van der Waals surface area contributed by atoms with Gasteiger partial charge in [0.25, 0.3) is 0 Å². The number of anilines is 1. The van der Waals surface area contributed by atoms with Crippen molar-refractivity contribution in [2.24, 2.45) is 5.41 Å². The SMILES string of the molecule is C=CCNS(=O)(=O)Cc1ccc(NC(=O)/C=C\C(C)(C)C)cc1. The monoisotopic (exact) mass is 336 g/mol. The Kier molecular flexibility index (Phi) is 6.72. The summed E-state index contributed by atoms with van der Waals surface area (Å²) in [6.07, 6.45) is 4.81. The number of allylic oxidation sites excluding steroid dienone is 1. The molecule has 0 saturated heterocycles. The zero-order valence-electron chi connectivity index (χ0n) is 13.8. The molecule has 0 aromatic heterocycles. The standard InChI is InChI=1S/C17H24N2O3S/c1-5-12-18-23(21,22)13-14-6-8-15(9-7-14)19-16(20)10-11-17(2,3)4/h5-11,18H,1,12-13H2,2-4H3,(H,19,20)/b11-10-. The molecular weight excluding hydrogens is 312 g/mol. The molecule has 0 spiro atoms. The maximum atomic E-state index is 11.8. The highest BCUT2D eigenvalue weighted by atomic mass is 32.2. The lowest BCUT2D eigenvalue weighted by Gasteiger charge is -2.11. The number of amides is 1. The fourth-order valence-corrected chi connectivity index (χ4v) is 2.76. The molecule has 1 rings (SSSR count). The van der Waals surface area contributed by atoms with Gasteiger partial charge in [0.1, 0.15) is 0 Å². The van der Waals surface area contributed by atoms with Gasteiger partial charge in [0.2, 0.25) is 15.9 Å². The van der Waals surface area contributed by atoms with E-state index in [1.807, 2.05) is 26.8 Å². The van der Waals surface area contributed by atoms with E-state index >= 15 is 0 Å². The maximum Gasteiger partial charge on any atom is 0.248 e. The summed E-state index contributed by atoms with van der Waals surface area (Å²) in [5.41, 5.74) is 1.20. The van der Waals surface area contributed by atoms with Crippen LogP contribution in [0, 0.1) is 5.41 Å². The molecule has 0 heterocycles. The molecule has 0 bridgehead atoms. The molecule has 0 atom stereocenters.